The van der Waals surface area contributed by atoms with Gasteiger partial charge in [-0.25, -0.2) is 0 Å². The second-order valence-electron chi connectivity index (χ2n) is 7.21. The van der Waals surface area contributed by atoms with Crippen molar-refractivity contribution in [1.82, 2.24) is 20.1 Å². The van der Waals surface area contributed by atoms with Crippen LogP contribution in [0.25, 0.3) is 0 Å². The Hall–Kier alpha value is -3.51. The van der Waals surface area contributed by atoms with Gasteiger partial charge in [-0.15, -0.1) is 0 Å². The molecule has 166 valence electrons. The molecule has 4 rings (SSSR count). The number of halogens is 1. The summed E-state index contributed by atoms with van der Waals surface area (Å²) in [5, 5.41) is 7.57. The van der Waals surface area contributed by atoms with Crippen LogP contribution in [0.3, 0.4) is 0 Å². The van der Waals surface area contributed by atoms with Gasteiger partial charge in [-0.05, 0) is 55.3 Å². The predicted octanol–water partition coefficient (Wildman–Crippen LogP) is 5.68. The number of rotatable bonds is 6. The van der Waals surface area contributed by atoms with Crippen LogP contribution < -0.4 is 10.1 Å². The minimum Gasteiger partial charge on any atom is -0.457 e. The summed E-state index contributed by atoms with van der Waals surface area (Å²) < 4.78 is 7.34. The SMILES string of the molecule is CCc1nn(C)c(C(=O)NCc2ccc(Oc3ccc(C)cc3)cc2)c1Cl.c1cc[nH]c1. The minimum atomic E-state index is -0.241. The lowest BCUT2D eigenvalue weighted by Crippen LogP contribution is -2.25. The third-order valence-electron chi connectivity index (χ3n) is 4.73. The van der Waals surface area contributed by atoms with E-state index in [1.165, 1.54) is 10.2 Å². The van der Waals surface area contributed by atoms with Crippen LogP contribution in [0.15, 0.2) is 73.1 Å². The number of aryl methyl sites for hydroxylation is 3. The largest absolute Gasteiger partial charge is 0.457 e. The number of hydrogen-bond acceptors (Lipinski definition) is 3. The van der Waals surface area contributed by atoms with Crippen molar-refractivity contribution >= 4 is 17.5 Å². The van der Waals surface area contributed by atoms with Crippen molar-refractivity contribution in [2.75, 3.05) is 0 Å². The number of carbonyl (C=O) groups excluding carboxylic acids is 1. The second kappa shape index (κ2) is 11.2. The maximum absolute atomic E-state index is 12.4. The maximum atomic E-state index is 12.4. The summed E-state index contributed by atoms with van der Waals surface area (Å²) >= 11 is 6.25. The Morgan fingerprint density at radius 3 is 2.16 bits per heavy atom. The lowest BCUT2D eigenvalue weighted by Gasteiger charge is -2.09. The van der Waals surface area contributed by atoms with E-state index in [2.05, 4.69) is 15.4 Å². The van der Waals surface area contributed by atoms with E-state index < -0.39 is 0 Å². The molecule has 32 heavy (non-hydrogen) atoms. The highest BCUT2D eigenvalue weighted by atomic mass is 35.5. The zero-order valence-corrected chi connectivity index (χ0v) is 19.2. The average molecular weight is 451 g/mol. The number of hydrogen-bond donors (Lipinski definition) is 2. The summed E-state index contributed by atoms with van der Waals surface area (Å²) in [7, 11) is 1.72. The summed E-state index contributed by atoms with van der Waals surface area (Å²) in [6, 6.07) is 19.4. The van der Waals surface area contributed by atoms with Crippen molar-refractivity contribution in [3.05, 3.63) is 101 Å². The number of aromatic amines is 1. The molecule has 2 aromatic carbocycles. The van der Waals surface area contributed by atoms with Gasteiger partial charge in [0.25, 0.3) is 5.91 Å². The van der Waals surface area contributed by atoms with Crippen LogP contribution in [0.4, 0.5) is 0 Å². The van der Waals surface area contributed by atoms with Crippen molar-refractivity contribution in [3.8, 4) is 11.5 Å². The molecule has 0 spiro atoms. The number of H-pyrrole nitrogens is 1. The van der Waals surface area contributed by atoms with E-state index in [1.807, 2.05) is 86.9 Å². The molecule has 7 heteroatoms. The third kappa shape index (κ3) is 6.25. The van der Waals surface area contributed by atoms with Crippen molar-refractivity contribution < 1.29 is 9.53 Å². The number of nitrogens with zero attached hydrogens (tertiary/aromatic N) is 2. The molecule has 0 aliphatic rings. The van der Waals surface area contributed by atoms with Gasteiger partial charge in [0, 0.05) is 26.0 Å². The molecule has 0 bridgehead atoms. The van der Waals surface area contributed by atoms with Crippen molar-refractivity contribution in [1.29, 1.82) is 0 Å². The Balaban J connectivity index is 0.000000509. The summed E-state index contributed by atoms with van der Waals surface area (Å²) in [6.45, 7) is 4.39. The zero-order chi connectivity index (χ0) is 22.9. The summed E-state index contributed by atoms with van der Waals surface area (Å²) in [6.07, 6.45) is 4.43. The van der Waals surface area contributed by atoms with E-state index in [9.17, 15) is 4.79 Å². The quantitative estimate of drug-likeness (QED) is 0.397. The molecule has 6 nitrogen and oxygen atoms in total. The van der Waals surface area contributed by atoms with Crippen LogP contribution in [0.1, 0.15) is 34.2 Å². The lowest BCUT2D eigenvalue weighted by atomic mass is 10.2. The number of ether oxygens (including phenoxy) is 1. The molecule has 0 aliphatic heterocycles. The topological polar surface area (TPSA) is 71.9 Å². The van der Waals surface area contributed by atoms with E-state index in [4.69, 9.17) is 16.3 Å². The van der Waals surface area contributed by atoms with Crippen molar-refractivity contribution in [3.63, 3.8) is 0 Å². The van der Waals surface area contributed by atoms with Crippen molar-refractivity contribution in [2.24, 2.45) is 7.05 Å². The lowest BCUT2D eigenvalue weighted by molar-refractivity contribution is 0.0941. The van der Waals surface area contributed by atoms with Gasteiger partial charge in [-0.2, -0.15) is 5.10 Å². The van der Waals surface area contributed by atoms with Gasteiger partial charge in [0.1, 0.15) is 17.2 Å². The van der Waals surface area contributed by atoms with Gasteiger partial charge < -0.3 is 15.0 Å². The Morgan fingerprint density at radius 1 is 1.06 bits per heavy atom. The Labute approximate surface area is 193 Å². The third-order valence-corrected chi connectivity index (χ3v) is 5.13. The number of aromatic nitrogens is 3. The van der Waals surface area contributed by atoms with Gasteiger partial charge in [0.05, 0.1) is 10.7 Å². The number of carbonyl (C=O) groups is 1. The first-order valence-electron chi connectivity index (χ1n) is 10.4. The molecule has 0 unspecified atom stereocenters. The van der Waals surface area contributed by atoms with Crippen LogP contribution in [0, 0.1) is 6.92 Å². The van der Waals surface area contributed by atoms with Gasteiger partial charge in [0.2, 0.25) is 0 Å². The molecule has 1 amide bonds. The van der Waals surface area contributed by atoms with Gasteiger partial charge in [0.15, 0.2) is 0 Å². The number of benzene rings is 2. The van der Waals surface area contributed by atoms with Crippen LogP contribution in [0.5, 0.6) is 11.5 Å². The first-order valence-corrected chi connectivity index (χ1v) is 10.8. The van der Waals surface area contributed by atoms with E-state index in [-0.39, 0.29) is 5.91 Å². The van der Waals surface area contributed by atoms with E-state index in [1.54, 1.807) is 7.05 Å². The molecule has 0 aliphatic carbocycles. The Kier molecular flexibility index (Phi) is 8.11. The fourth-order valence-corrected chi connectivity index (χ4v) is 3.37. The Bertz CT molecular complexity index is 1100. The second-order valence-corrected chi connectivity index (χ2v) is 7.59. The molecule has 0 fully saturated rings. The van der Waals surface area contributed by atoms with E-state index in [0.29, 0.717) is 23.7 Å². The molecular formula is C25H27ClN4O2. The molecule has 2 aromatic heterocycles. The summed E-state index contributed by atoms with van der Waals surface area (Å²) in [4.78, 5) is 15.3. The highest BCUT2D eigenvalue weighted by molar-refractivity contribution is 6.34. The smallest absolute Gasteiger partial charge is 0.271 e. The average Bonchev–Trinajstić information content (AvgIpc) is 3.47. The van der Waals surface area contributed by atoms with Crippen LogP contribution >= 0.6 is 11.6 Å². The Morgan fingerprint density at radius 2 is 1.66 bits per heavy atom. The number of amides is 1. The monoisotopic (exact) mass is 450 g/mol. The molecule has 0 radical (unpaired) electrons. The molecule has 2 heterocycles. The maximum Gasteiger partial charge on any atom is 0.271 e. The van der Waals surface area contributed by atoms with Crippen LogP contribution in [0.2, 0.25) is 5.02 Å². The fraction of sp³-hybridized carbons (Fsp3) is 0.200. The number of nitrogens with one attached hydrogen (secondary N) is 2. The summed E-state index contributed by atoms with van der Waals surface area (Å²) in [5.41, 5.74) is 3.26. The predicted molar refractivity (Wildman–Crippen MR) is 127 cm³/mol. The highest BCUT2D eigenvalue weighted by Crippen LogP contribution is 2.23. The highest BCUT2D eigenvalue weighted by Gasteiger charge is 2.19. The first kappa shape index (κ1) is 23.2. The van der Waals surface area contributed by atoms with Crippen LogP contribution in [-0.4, -0.2) is 20.7 Å². The van der Waals surface area contributed by atoms with Gasteiger partial charge in [-0.1, -0.05) is 48.4 Å². The van der Waals surface area contributed by atoms with Crippen LogP contribution in [-0.2, 0) is 20.0 Å². The van der Waals surface area contributed by atoms with E-state index >= 15 is 0 Å². The standard InChI is InChI=1S/C21H22ClN3O2.C4H5N/c1-4-18-19(22)20(25(3)24-18)21(26)23-13-15-7-11-17(12-8-15)27-16-9-5-14(2)6-10-16;1-2-4-5-3-1/h5-12H,4,13H2,1-3H3,(H,23,26);1-5H. The van der Waals surface area contributed by atoms with E-state index in [0.717, 1.165) is 22.8 Å². The molecular weight excluding hydrogens is 424 g/mol. The minimum absolute atomic E-state index is 0.241. The van der Waals surface area contributed by atoms with Gasteiger partial charge >= 0.3 is 0 Å². The normalized spacial score (nSPS) is 10.2. The molecule has 0 saturated carbocycles. The fourth-order valence-electron chi connectivity index (χ4n) is 2.99. The zero-order valence-electron chi connectivity index (χ0n) is 18.4. The molecule has 0 atom stereocenters. The van der Waals surface area contributed by atoms with Gasteiger partial charge in [-0.3, -0.25) is 9.48 Å². The molecule has 2 N–H and O–H groups in total. The first-order chi connectivity index (χ1) is 15.5. The van der Waals surface area contributed by atoms with Crippen molar-refractivity contribution in [2.45, 2.75) is 26.8 Å². The molecule has 0 saturated heterocycles. The summed E-state index contributed by atoms with van der Waals surface area (Å²) in [5.74, 6) is 1.30. The molecule has 4 aromatic rings.